The number of hydrogen-bond acceptors (Lipinski definition) is 4. The second kappa shape index (κ2) is 9.19. The number of carbonyl (C=O) groups excluding carboxylic acids is 2. The number of ether oxygens (including phenoxy) is 1. The number of benzene rings is 1. The molecular weight excluding hydrogens is 390 g/mol. The monoisotopic (exact) mass is 427 g/mol. The molecule has 6 nitrogen and oxygen atoms in total. The van der Waals surface area contributed by atoms with Crippen molar-refractivity contribution in [3.63, 3.8) is 0 Å². The molecule has 6 heteroatoms. The van der Waals surface area contributed by atoms with Crippen LogP contribution in [0.2, 0.25) is 0 Å². The van der Waals surface area contributed by atoms with Gasteiger partial charge in [-0.2, -0.15) is 0 Å². The average molecular weight is 428 g/mol. The maximum atomic E-state index is 13.4. The number of rotatable bonds is 7. The molecule has 3 aliphatic rings. The van der Waals surface area contributed by atoms with Gasteiger partial charge in [0.05, 0.1) is 6.61 Å². The van der Waals surface area contributed by atoms with Crippen molar-refractivity contribution < 1.29 is 14.3 Å². The lowest BCUT2D eigenvalue weighted by Gasteiger charge is -2.52. The van der Waals surface area contributed by atoms with Crippen molar-refractivity contribution in [1.82, 2.24) is 15.1 Å². The lowest BCUT2D eigenvalue weighted by Crippen LogP contribution is -2.73. The topological polar surface area (TPSA) is 61.9 Å². The SMILES string of the molecule is CCCCN1C(=O)C(CC(C)C)NC(=O)C12CCN(Cc1ccc3c(c1)CCO3)CC2. The molecule has 4 rings (SSSR count). The predicted octanol–water partition coefficient (Wildman–Crippen LogP) is 3.13. The Kier molecular flexibility index (Phi) is 6.56. The summed E-state index contributed by atoms with van der Waals surface area (Å²) < 4.78 is 5.62. The Morgan fingerprint density at radius 1 is 1.23 bits per heavy atom. The van der Waals surface area contributed by atoms with Gasteiger partial charge in [-0.1, -0.05) is 39.3 Å². The number of fused-ring (bicyclic) bond motifs is 1. The van der Waals surface area contributed by atoms with Crippen LogP contribution >= 0.6 is 0 Å². The van der Waals surface area contributed by atoms with Gasteiger partial charge in [0, 0.05) is 32.6 Å². The number of piperidine rings is 1. The molecule has 1 atom stereocenters. The zero-order valence-electron chi connectivity index (χ0n) is 19.3. The van der Waals surface area contributed by atoms with Crippen molar-refractivity contribution in [2.75, 3.05) is 26.2 Å². The third-order valence-corrected chi connectivity index (χ3v) is 7.09. The van der Waals surface area contributed by atoms with E-state index in [4.69, 9.17) is 4.74 Å². The highest BCUT2D eigenvalue weighted by atomic mass is 16.5. The molecule has 0 radical (unpaired) electrons. The second-order valence-electron chi connectivity index (χ2n) is 9.85. The van der Waals surface area contributed by atoms with E-state index in [-0.39, 0.29) is 17.9 Å². The Balaban J connectivity index is 1.45. The van der Waals surface area contributed by atoms with Crippen LogP contribution in [0.4, 0.5) is 0 Å². The number of piperazine rings is 1. The van der Waals surface area contributed by atoms with Crippen LogP contribution in [-0.4, -0.2) is 59.4 Å². The summed E-state index contributed by atoms with van der Waals surface area (Å²) in [5.74, 6) is 1.56. The summed E-state index contributed by atoms with van der Waals surface area (Å²) >= 11 is 0. The smallest absolute Gasteiger partial charge is 0.246 e. The fourth-order valence-corrected chi connectivity index (χ4v) is 5.32. The van der Waals surface area contributed by atoms with E-state index in [1.807, 2.05) is 4.90 Å². The van der Waals surface area contributed by atoms with Crippen molar-refractivity contribution in [3.05, 3.63) is 29.3 Å². The van der Waals surface area contributed by atoms with Crippen LogP contribution in [0, 0.1) is 5.92 Å². The molecule has 2 amide bonds. The van der Waals surface area contributed by atoms with E-state index in [9.17, 15) is 9.59 Å². The molecule has 0 saturated carbocycles. The van der Waals surface area contributed by atoms with Crippen molar-refractivity contribution in [3.8, 4) is 5.75 Å². The van der Waals surface area contributed by atoms with Gasteiger partial charge in [-0.3, -0.25) is 14.5 Å². The maximum absolute atomic E-state index is 13.4. The van der Waals surface area contributed by atoms with Gasteiger partial charge >= 0.3 is 0 Å². The predicted molar refractivity (Wildman–Crippen MR) is 121 cm³/mol. The molecule has 3 aliphatic heterocycles. The van der Waals surface area contributed by atoms with Crippen molar-refractivity contribution in [2.24, 2.45) is 5.92 Å². The van der Waals surface area contributed by atoms with Crippen LogP contribution in [0.5, 0.6) is 5.75 Å². The summed E-state index contributed by atoms with van der Waals surface area (Å²) in [4.78, 5) is 31.1. The van der Waals surface area contributed by atoms with Gasteiger partial charge in [0.1, 0.15) is 17.3 Å². The fraction of sp³-hybridized carbons (Fsp3) is 0.680. The molecule has 0 bridgehead atoms. The first-order valence-electron chi connectivity index (χ1n) is 12.0. The minimum Gasteiger partial charge on any atom is -0.493 e. The molecule has 31 heavy (non-hydrogen) atoms. The van der Waals surface area contributed by atoms with Gasteiger partial charge in [-0.15, -0.1) is 0 Å². The summed E-state index contributed by atoms with van der Waals surface area (Å²) in [5, 5.41) is 3.09. The van der Waals surface area contributed by atoms with Crippen LogP contribution < -0.4 is 10.1 Å². The van der Waals surface area contributed by atoms with Crippen LogP contribution in [0.15, 0.2) is 18.2 Å². The van der Waals surface area contributed by atoms with Crippen LogP contribution in [0.3, 0.4) is 0 Å². The minimum absolute atomic E-state index is 0.0585. The standard InChI is InChI=1S/C25H37N3O3/c1-4-5-11-28-23(29)21(15-18(2)3)26-24(30)25(28)9-12-27(13-10-25)17-19-6-7-22-20(16-19)8-14-31-22/h6-7,16,18,21H,4-5,8-15,17H2,1-3H3,(H,26,30). The number of likely N-dealkylation sites (tertiary alicyclic amines) is 1. The van der Waals surface area contributed by atoms with Crippen molar-refractivity contribution >= 4 is 11.8 Å². The molecule has 1 aromatic carbocycles. The lowest BCUT2D eigenvalue weighted by molar-refractivity contribution is -0.161. The third-order valence-electron chi connectivity index (χ3n) is 7.09. The van der Waals surface area contributed by atoms with E-state index >= 15 is 0 Å². The van der Waals surface area contributed by atoms with Gasteiger partial charge in [0.15, 0.2) is 0 Å². The summed E-state index contributed by atoms with van der Waals surface area (Å²) in [7, 11) is 0. The molecule has 0 aromatic heterocycles. The lowest BCUT2D eigenvalue weighted by atomic mass is 9.80. The van der Waals surface area contributed by atoms with E-state index in [2.05, 4.69) is 49.2 Å². The summed E-state index contributed by atoms with van der Waals surface area (Å²) in [6, 6.07) is 6.11. The van der Waals surface area contributed by atoms with Crippen molar-refractivity contribution in [1.29, 1.82) is 0 Å². The van der Waals surface area contributed by atoms with Crippen LogP contribution in [-0.2, 0) is 22.6 Å². The van der Waals surface area contributed by atoms with E-state index in [1.54, 1.807) is 0 Å². The van der Waals surface area contributed by atoms with Gasteiger partial charge in [-0.05, 0) is 48.8 Å². The Morgan fingerprint density at radius 2 is 2.00 bits per heavy atom. The van der Waals surface area contributed by atoms with E-state index in [0.717, 1.165) is 51.3 Å². The highest BCUT2D eigenvalue weighted by Gasteiger charge is 2.53. The van der Waals surface area contributed by atoms with E-state index < -0.39 is 5.54 Å². The Morgan fingerprint density at radius 3 is 2.71 bits per heavy atom. The van der Waals surface area contributed by atoms with Crippen LogP contribution in [0.1, 0.15) is 64.0 Å². The fourth-order valence-electron chi connectivity index (χ4n) is 5.32. The molecule has 3 heterocycles. The maximum Gasteiger partial charge on any atom is 0.246 e. The third kappa shape index (κ3) is 4.45. The molecule has 1 N–H and O–H groups in total. The average Bonchev–Trinajstić information content (AvgIpc) is 3.21. The molecule has 2 saturated heterocycles. The van der Waals surface area contributed by atoms with Crippen molar-refractivity contribution in [2.45, 2.75) is 77.4 Å². The summed E-state index contributed by atoms with van der Waals surface area (Å²) in [5.41, 5.74) is 1.91. The molecule has 0 aliphatic carbocycles. The first kappa shape index (κ1) is 22.1. The second-order valence-corrected chi connectivity index (χ2v) is 9.85. The molecular formula is C25H37N3O3. The highest BCUT2D eigenvalue weighted by molar-refractivity contribution is 6.00. The van der Waals surface area contributed by atoms with Gasteiger partial charge in [0.25, 0.3) is 0 Å². The highest BCUT2D eigenvalue weighted by Crippen LogP contribution is 2.35. The number of carbonyl (C=O) groups is 2. The number of nitrogens with zero attached hydrogens (tertiary/aromatic N) is 2. The Hall–Kier alpha value is -2.08. The first-order valence-corrected chi connectivity index (χ1v) is 12.0. The number of unbranched alkanes of at least 4 members (excludes halogenated alkanes) is 1. The minimum atomic E-state index is -0.679. The van der Waals surface area contributed by atoms with Gasteiger partial charge in [0.2, 0.25) is 11.8 Å². The Labute approximate surface area is 186 Å². The number of nitrogens with one attached hydrogen (secondary N) is 1. The normalized spacial score (nSPS) is 23.2. The van der Waals surface area contributed by atoms with E-state index in [1.165, 1.54) is 11.1 Å². The van der Waals surface area contributed by atoms with Gasteiger partial charge < -0.3 is 15.0 Å². The van der Waals surface area contributed by atoms with E-state index in [0.29, 0.717) is 31.7 Å². The summed E-state index contributed by atoms with van der Waals surface area (Å²) in [6.07, 6.45) is 5.06. The molecule has 1 spiro atoms. The quantitative estimate of drug-likeness (QED) is 0.726. The summed E-state index contributed by atoms with van der Waals surface area (Å²) in [6.45, 7) is 10.3. The molecule has 2 fully saturated rings. The molecule has 170 valence electrons. The number of amides is 2. The molecule has 1 aromatic rings. The number of hydrogen-bond donors (Lipinski definition) is 1. The molecule has 1 unspecified atom stereocenters. The Bertz CT molecular complexity index is 814. The zero-order valence-corrected chi connectivity index (χ0v) is 19.3. The first-order chi connectivity index (χ1) is 14.9. The zero-order chi connectivity index (χ0) is 22.0. The largest absolute Gasteiger partial charge is 0.493 e. The van der Waals surface area contributed by atoms with Crippen LogP contribution in [0.25, 0.3) is 0 Å². The van der Waals surface area contributed by atoms with Gasteiger partial charge in [-0.25, -0.2) is 0 Å².